The van der Waals surface area contributed by atoms with E-state index in [-0.39, 0.29) is 24.0 Å². The first-order valence-corrected chi connectivity index (χ1v) is 10.2. The molecule has 1 aromatic carbocycles. The van der Waals surface area contributed by atoms with Gasteiger partial charge >= 0.3 is 5.97 Å². The van der Waals surface area contributed by atoms with Crippen molar-refractivity contribution in [1.29, 1.82) is 0 Å². The molecule has 3 rings (SSSR count). The van der Waals surface area contributed by atoms with Crippen molar-refractivity contribution >= 4 is 11.8 Å². The normalized spacial score (nSPS) is 15.2. The number of benzene rings is 1. The van der Waals surface area contributed by atoms with E-state index in [1.54, 1.807) is 12.1 Å². The standard InChI is InChI=1S/C22H29FN4O3/c1-15(16-6-8-17(23)9-7-16)19-21(24-10-13-27-11-4-5-12-27)25-18(14-29-2)20(26-19)22(28)30-3/h6-9,15H,4-5,10-14H2,1-3H3,(H,24,25). The van der Waals surface area contributed by atoms with E-state index in [0.717, 1.165) is 25.2 Å². The Hall–Kier alpha value is -2.58. The van der Waals surface area contributed by atoms with Gasteiger partial charge in [0.25, 0.3) is 0 Å². The quantitative estimate of drug-likeness (QED) is 0.629. The Labute approximate surface area is 176 Å². The lowest BCUT2D eigenvalue weighted by atomic mass is 9.97. The van der Waals surface area contributed by atoms with Gasteiger partial charge in [-0.05, 0) is 43.6 Å². The fourth-order valence-electron chi connectivity index (χ4n) is 3.66. The van der Waals surface area contributed by atoms with Crippen molar-refractivity contribution in [3.63, 3.8) is 0 Å². The monoisotopic (exact) mass is 416 g/mol. The first-order chi connectivity index (χ1) is 14.5. The molecule has 0 bridgehead atoms. The predicted molar refractivity (Wildman–Crippen MR) is 112 cm³/mol. The minimum absolute atomic E-state index is 0.133. The summed E-state index contributed by atoms with van der Waals surface area (Å²) >= 11 is 0. The zero-order valence-electron chi connectivity index (χ0n) is 17.8. The van der Waals surface area contributed by atoms with E-state index in [1.807, 2.05) is 6.92 Å². The molecule has 1 aromatic heterocycles. The topological polar surface area (TPSA) is 76.6 Å². The SMILES string of the molecule is COCc1nc(NCCN2CCCC2)c(C(C)c2ccc(F)cc2)nc1C(=O)OC. The van der Waals surface area contributed by atoms with Gasteiger partial charge in [-0.2, -0.15) is 0 Å². The van der Waals surface area contributed by atoms with Crippen LogP contribution in [0.3, 0.4) is 0 Å². The van der Waals surface area contributed by atoms with Crippen molar-refractivity contribution in [2.45, 2.75) is 32.3 Å². The number of methoxy groups -OCH3 is 2. The number of hydrogen-bond acceptors (Lipinski definition) is 7. The van der Waals surface area contributed by atoms with Crippen LogP contribution in [0.5, 0.6) is 0 Å². The molecule has 0 radical (unpaired) electrons. The van der Waals surface area contributed by atoms with Gasteiger partial charge in [-0.3, -0.25) is 0 Å². The largest absolute Gasteiger partial charge is 0.464 e. The summed E-state index contributed by atoms with van der Waals surface area (Å²) in [6.45, 7) is 5.94. The van der Waals surface area contributed by atoms with Crippen molar-refractivity contribution in [3.8, 4) is 0 Å². The van der Waals surface area contributed by atoms with Crippen LogP contribution in [0.1, 0.15) is 53.1 Å². The van der Waals surface area contributed by atoms with Crippen LogP contribution in [-0.2, 0) is 16.1 Å². The first kappa shape index (κ1) is 22.1. The summed E-state index contributed by atoms with van der Waals surface area (Å²) < 4.78 is 23.5. The highest BCUT2D eigenvalue weighted by atomic mass is 19.1. The third-order valence-electron chi connectivity index (χ3n) is 5.35. The summed E-state index contributed by atoms with van der Waals surface area (Å²) in [7, 11) is 2.85. The molecule has 7 nitrogen and oxygen atoms in total. The molecular weight excluding hydrogens is 387 g/mol. The van der Waals surface area contributed by atoms with Crippen molar-refractivity contribution in [3.05, 3.63) is 52.7 Å². The van der Waals surface area contributed by atoms with Crippen LogP contribution in [0, 0.1) is 5.82 Å². The summed E-state index contributed by atoms with van der Waals surface area (Å²) in [6.07, 6.45) is 2.47. The van der Waals surface area contributed by atoms with E-state index in [9.17, 15) is 9.18 Å². The first-order valence-electron chi connectivity index (χ1n) is 10.2. The number of esters is 1. The molecular formula is C22H29FN4O3. The number of carbonyl (C=O) groups is 1. The number of nitrogens with zero attached hydrogens (tertiary/aromatic N) is 3. The molecule has 1 aliphatic heterocycles. The molecule has 0 amide bonds. The second kappa shape index (κ2) is 10.4. The van der Waals surface area contributed by atoms with Gasteiger partial charge in [0.2, 0.25) is 0 Å². The Balaban J connectivity index is 1.94. The Kier molecular flexibility index (Phi) is 7.70. The van der Waals surface area contributed by atoms with Gasteiger partial charge in [-0.15, -0.1) is 0 Å². The number of likely N-dealkylation sites (tertiary alicyclic amines) is 1. The Morgan fingerprint density at radius 3 is 2.53 bits per heavy atom. The summed E-state index contributed by atoms with van der Waals surface area (Å²) in [5, 5.41) is 3.39. The van der Waals surface area contributed by atoms with Gasteiger partial charge < -0.3 is 19.7 Å². The highest BCUT2D eigenvalue weighted by Gasteiger charge is 2.24. The van der Waals surface area contributed by atoms with E-state index in [0.29, 0.717) is 23.8 Å². The fourth-order valence-corrected chi connectivity index (χ4v) is 3.66. The third-order valence-corrected chi connectivity index (χ3v) is 5.35. The van der Waals surface area contributed by atoms with Crippen LogP contribution in [0.2, 0.25) is 0 Å². The Bertz CT molecular complexity index is 854. The van der Waals surface area contributed by atoms with Gasteiger partial charge in [0.05, 0.1) is 19.4 Å². The van der Waals surface area contributed by atoms with E-state index in [2.05, 4.69) is 20.2 Å². The number of hydrogen-bond donors (Lipinski definition) is 1. The molecule has 1 saturated heterocycles. The van der Waals surface area contributed by atoms with Crippen LogP contribution < -0.4 is 5.32 Å². The van der Waals surface area contributed by atoms with Crippen LogP contribution in [0.4, 0.5) is 10.2 Å². The number of rotatable bonds is 9. The zero-order chi connectivity index (χ0) is 21.5. The van der Waals surface area contributed by atoms with Gasteiger partial charge in [0, 0.05) is 26.1 Å². The molecule has 1 aliphatic rings. The molecule has 8 heteroatoms. The van der Waals surface area contributed by atoms with Crippen LogP contribution in [-0.4, -0.2) is 61.2 Å². The number of carbonyl (C=O) groups excluding carboxylic acids is 1. The summed E-state index contributed by atoms with van der Waals surface area (Å²) in [6, 6.07) is 6.27. The molecule has 30 heavy (non-hydrogen) atoms. The predicted octanol–water partition coefficient (Wildman–Crippen LogP) is 3.21. The second-order valence-corrected chi connectivity index (χ2v) is 7.43. The number of anilines is 1. The van der Waals surface area contributed by atoms with Crippen LogP contribution >= 0.6 is 0 Å². The molecule has 1 atom stereocenters. The average Bonchev–Trinajstić information content (AvgIpc) is 3.27. The van der Waals surface area contributed by atoms with Crippen molar-refractivity contribution in [2.24, 2.45) is 0 Å². The van der Waals surface area contributed by atoms with Crippen molar-refractivity contribution in [1.82, 2.24) is 14.9 Å². The molecule has 1 N–H and O–H groups in total. The minimum atomic E-state index is -0.564. The lowest BCUT2D eigenvalue weighted by Crippen LogP contribution is -2.27. The Morgan fingerprint density at radius 2 is 1.90 bits per heavy atom. The lowest BCUT2D eigenvalue weighted by molar-refractivity contribution is 0.0587. The molecule has 1 fully saturated rings. The highest BCUT2D eigenvalue weighted by molar-refractivity contribution is 5.88. The number of ether oxygens (including phenoxy) is 2. The number of halogens is 1. The maximum Gasteiger partial charge on any atom is 0.358 e. The number of aromatic nitrogens is 2. The highest BCUT2D eigenvalue weighted by Crippen LogP contribution is 2.29. The molecule has 1 unspecified atom stereocenters. The number of nitrogens with one attached hydrogen (secondary N) is 1. The Morgan fingerprint density at radius 1 is 1.20 bits per heavy atom. The summed E-state index contributed by atoms with van der Waals surface area (Å²) in [5.74, 6) is -0.462. The maximum absolute atomic E-state index is 13.4. The molecule has 162 valence electrons. The smallest absolute Gasteiger partial charge is 0.358 e. The van der Waals surface area contributed by atoms with E-state index in [4.69, 9.17) is 9.47 Å². The third kappa shape index (κ3) is 5.31. The van der Waals surface area contributed by atoms with E-state index >= 15 is 0 Å². The summed E-state index contributed by atoms with van der Waals surface area (Å²) in [4.78, 5) is 24.0. The molecule has 2 aromatic rings. The molecule has 0 aliphatic carbocycles. The van der Waals surface area contributed by atoms with Gasteiger partial charge in [0.15, 0.2) is 5.69 Å². The fraction of sp³-hybridized carbons (Fsp3) is 0.500. The molecule has 0 spiro atoms. The molecule has 2 heterocycles. The van der Waals surface area contributed by atoms with Crippen LogP contribution in [0.25, 0.3) is 0 Å². The van der Waals surface area contributed by atoms with E-state index in [1.165, 1.54) is 39.2 Å². The second-order valence-electron chi connectivity index (χ2n) is 7.43. The van der Waals surface area contributed by atoms with Gasteiger partial charge in [-0.1, -0.05) is 19.1 Å². The lowest BCUT2D eigenvalue weighted by Gasteiger charge is -2.20. The van der Waals surface area contributed by atoms with Gasteiger partial charge in [-0.25, -0.2) is 19.2 Å². The van der Waals surface area contributed by atoms with Crippen LogP contribution in [0.15, 0.2) is 24.3 Å². The molecule has 0 saturated carbocycles. The zero-order valence-corrected chi connectivity index (χ0v) is 17.8. The van der Waals surface area contributed by atoms with E-state index < -0.39 is 5.97 Å². The maximum atomic E-state index is 13.4. The minimum Gasteiger partial charge on any atom is -0.464 e. The summed E-state index contributed by atoms with van der Waals surface area (Å²) in [5.41, 5.74) is 2.04. The van der Waals surface area contributed by atoms with Crippen molar-refractivity contribution in [2.75, 3.05) is 45.7 Å². The van der Waals surface area contributed by atoms with Gasteiger partial charge in [0.1, 0.15) is 17.3 Å². The van der Waals surface area contributed by atoms with Crippen molar-refractivity contribution < 1.29 is 18.7 Å². The average molecular weight is 416 g/mol.